The molecule has 0 aliphatic carbocycles. The lowest BCUT2D eigenvalue weighted by Gasteiger charge is -2.10. The van der Waals surface area contributed by atoms with Crippen LogP contribution in [0.2, 0.25) is 0 Å². The van der Waals surface area contributed by atoms with E-state index in [2.05, 4.69) is 9.44 Å². The van der Waals surface area contributed by atoms with Crippen molar-refractivity contribution in [3.05, 3.63) is 0 Å². The highest BCUT2D eigenvalue weighted by molar-refractivity contribution is 7.99. The standard InChI is InChI=1S/C8H20N2O3S2/c1-8(2)10-15(12,13)9-4-7-14-6-3-5-11/h8-11H,3-7H2,1-2H3. The number of nitrogens with one attached hydrogen (secondary N) is 2. The molecular formula is C8H20N2O3S2. The maximum Gasteiger partial charge on any atom is 0.277 e. The summed E-state index contributed by atoms with van der Waals surface area (Å²) in [5, 5.41) is 8.52. The minimum atomic E-state index is -3.34. The molecular weight excluding hydrogens is 236 g/mol. The molecule has 3 N–H and O–H groups in total. The topological polar surface area (TPSA) is 78.4 Å². The van der Waals surface area contributed by atoms with Crippen molar-refractivity contribution in [1.29, 1.82) is 0 Å². The average Bonchev–Trinajstić information content (AvgIpc) is 2.08. The molecule has 0 unspecified atom stereocenters. The molecule has 0 radical (unpaired) electrons. The zero-order valence-electron chi connectivity index (χ0n) is 9.19. The van der Waals surface area contributed by atoms with Crippen molar-refractivity contribution in [2.24, 2.45) is 0 Å². The van der Waals surface area contributed by atoms with Crippen molar-refractivity contribution >= 4 is 22.0 Å². The van der Waals surface area contributed by atoms with E-state index in [0.29, 0.717) is 6.54 Å². The minimum Gasteiger partial charge on any atom is -0.396 e. The van der Waals surface area contributed by atoms with Gasteiger partial charge in [-0.05, 0) is 26.0 Å². The Bertz CT molecular complexity index is 242. The molecule has 0 spiro atoms. The lowest BCUT2D eigenvalue weighted by Crippen LogP contribution is -2.41. The van der Waals surface area contributed by atoms with Gasteiger partial charge in [-0.2, -0.15) is 24.9 Å². The molecule has 0 aromatic rings. The molecule has 0 aromatic carbocycles. The van der Waals surface area contributed by atoms with Crippen LogP contribution in [0.1, 0.15) is 20.3 Å². The molecule has 0 bridgehead atoms. The summed E-state index contributed by atoms with van der Waals surface area (Å²) in [7, 11) is -3.34. The fourth-order valence-corrected chi connectivity index (χ4v) is 2.86. The zero-order chi connectivity index (χ0) is 11.7. The van der Waals surface area contributed by atoms with Crippen LogP contribution in [-0.4, -0.2) is 44.2 Å². The first-order chi connectivity index (χ1) is 6.98. The van der Waals surface area contributed by atoms with Crippen LogP contribution in [-0.2, 0) is 10.2 Å². The van der Waals surface area contributed by atoms with Crippen molar-refractivity contribution in [3.63, 3.8) is 0 Å². The highest BCUT2D eigenvalue weighted by atomic mass is 32.2. The van der Waals surface area contributed by atoms with Gasteiger partial charge in [0.25, 0.3) is 10.2 Å². The van der Waals surface area contributed by atoms with Gasteiger partial charge < -0.3 is 5.11 Å². The van der Waals surface area contributed by atoms with Crippen LogP contribution in [0, 0.1) is 0 Å². The van der Waals surface area contributed by atoms with E-state index in [1.165, 1.54) is 0 Å². The smallest absolute Gasteiger partial charge is 0.277 e. The van der Waals surface area contributed by atoms with E-state index in [1.54, 1.807) is 25.6 Å². The van der Waals surface area contributed by atoms with Crippen molar-refractivity contribution < 1.29 is 13.5 Å². The molecule has 0 atom stereocenters. The van der Waals surface area contributed by atoms with E-state index in [-0.39, 0.29) is 12.6 Å². The maximum absolute atomic E-state index is 11.3. The monoisotopic (exact) mass is 256 g/mol. The fourth-order valence-electron chi connectivity index (χ4n) is 0.869. The second-order valence-electron chi connectivity index (χ2n) is 3.36. The Balaban J connectivity index is 3.50. The summed E-state index contributed by atoms with van der Waals surface area (Å²) in [5.74, 6) is 1.58. The Morgan fingerprint density at radius 1 is 1.33 bits per heavy atom. The molecule has 0 saturated heterocycles. The van der Waals surface area contributed by atoms with Crippen LogP contribution in [0.25, 0.3) is 0 Å². The zero-order valence-corrected chi connectivity index (χ0v) is 10.8. The fraction of sp³-hybridized carbons (Fsp3) is 1.00. The summed E-state index contributed by atoms with van der Waals surface area (Å²) in [6.45, 7) is 4.15. The molecule has 5 nitrogen and oxygen atoms in total. The highest BCUT2D eigenvalue weighted by Gasteiger charge is 2.09. The summed E-state index contributed by atoms with van der Waals surface area (Å²) < 4.78 is 27.4. The van der Waals surface area contributed by atoms with Gasteiger partial charge in [0, 0.05) is 24.9 Å². The number of aliphatic hydroxyl groups is 1. The van der Waals surface area contributed by atoms with E-state index in [9.17, 15) is 8.42 Å². The van der Waals surface area contributed by atoms with Gasteiger partial charge in [0.1, 0.15) is 0 Å². The van der Waals surface area contributed by atoms with Crippen LogP contribution in [0.3, 0.4) is 0 Å². The number of hydrogen-bond donors (Lipinski definition) is 3. The highest BCUT2D eigenvalue weighted by Crippen LogP contribution is 2.00. The SMILES string of the molecule is CC(C)NS(=O)(=O)NCCSCCCO. The molecule has 0 aliphatic heterocycles. The molecule has 0 rings (SSSR count). The van der Waals surface area contributed by atoms with Gasteiger partial charge in [-0.3, -0.25) is 0 Å². The summed E-state index contributed by atoms with van der Waals surface area (Å²) >= 11 is 1.62. The largest absolute Gasteiger partial charge is 0.396 e. The first kappa shape index (κ1) is 15.2. The molecule has 0 aliphatic rings. The average molecular weight is 256 g/mol. The number of hydrogen-bond acceptors (Lipinski definition) is 4. The lowest BCUT2D eigenvalue weighted by molar-refractivity contribution is 0.296. The summed E-state index contributed by atoms with van der Waals surface area (Å²) in [5.41, 5.74) is 0. The van der Waals surface area contributed by atoms with Crippen LogP contribution < -0.4 is 9.44 Å². The van der Waals surface area contributed by atoms with Crippen molar-refractivity contribution in [1.82, 2.24) is 9.44 Å². The Labute approximate surface area is 96.2 Å². The van der Waals surface area contributed by atoms with Crippen molar-refractivity contribution in [3.8, 4) is 0 Å². The van der Waals surface area contributed by atoms with E-state index in [0.717, 1.165) is 17.9 Å². The van der Waals surface area contributed by atoms with Gasteiger partial charge in [0.15, 0.2) is 0 Å². The Morgan fingerprint density at radius 2 is 2.00 bits per heavy atom. The van der Waals surface area contributed by atoms with E-state index in [4.69, 9.17) is 5.11 Å². The van der Waals surface area contributed by atoms with E-state index in [1.807, 2.05) is 0 Å². The van der Waals surface area contributed by atoms with Gasteiger partial charge >= 0.3 is 0 Å². The third-order valence-corrected chi connectivity index (χ3v) is 3.81. The third kappa shape index (κ3) is 10.5. The van der Waals surface area contributed by atoms with Crippen LogP contribution >= 0.6 is 11.8 Å². The van der Waals surface area contributed by atoms with Crippen LogP contribution in [0.15, 0.2) is 0 Å². The van der Waals surface area contributed by atoms with Crippen molar-refractivity contribution in [2.45, 2.75) is 26.3 Å². The molecule has 0 fully saturated rings. The van der Waals surface area contributed by atoms with Gasteiger partial charge in [0.2, 0.25) is 0 Å². The Kier molecular flexibility index (Phi) is 8.45. The Morgan fingerprint density at radius 3 is 2.53 bits per heavy atom. The summed E-state index contributed by atoms with van der Waals surface area (Å²) in [6, 6.07) is -0.0930. The first-order valence-corrected chi connectivity index (χ1v) is 7.57. The maximum atomic E-state index is 11.3. The van der Waals surface area contributed by atoms with Gasteiger partial charge in [-0.15, -0.1) is 0 Å². The normalized spacial score (nSPS) is 12.3. The first-order valence-electron chi connectivity index (χ1n) is 4.93. The molecule has 7 heteroatoms. The van der Waals surface area contributed by atoms with E-state index >= 15 is 0 Å². The number of thioether (sulfide) groups is 1. The quantitative estimate of drug-likeness (QED) is 0.505. The minimum absolute atomic E-state index is 0.0930. The van der Waals surface area contributed by atoms with Crippen LogP contribution in [0.4, 0.5) is 0 Å². The number of rotatable bonds is 9. The molecule has 0 aromatic heterocycles. The molecule has 0 saturated carbocycles. The third-order valence-electron chi connectivity index (χ3n) is 1.38. The lowest BCUT2D eigenvalue weighted by atomic mass is 10.4. The predicted molar refractivity (Wildman–Crippen MR) is 64.2 cm³/mol. The van der Waals surface area contributed by atoms with Gasteiger partial charge in [-0.1, -0.05) is 0 Å². The summed E-state index contributed by atoms with van der Waals surface area (Å²) in [4.78, 5) is 0. The summed E-state index contributed by atoms with van der Waals surface area (Å²) in [6.07, 6.45) is 0.752. The van der Waals surface area contributed by atoms with Gasteiger partial charge in [0.05, 0.1) is 0 Å². The molecule has 0 heterocycles. The van der Waals surface area contributed by atoms with E-state index < -0.39 is 10.2 Å². The van der Waals surface area contributed by atoms with Crippen LogP contribution in [0.5, 0.6) is 0 Å². The second kappa shape index (κ2) is 8.35. The molecule has 15 heavy (non-hydrogen) atoms. The van der Waals surface area contributed by atoms with Gasteiger partial charge in [-0.25, -0.2) is 4.72 Å². The predicted octanol–water partition coefficient (Wildman–Crippen LogP) is -0.0656. The second-order valence-corrected chi connectivity index (χ2v) is 6.12. The molecule has 0 amide bonds. The van der Waals surface area contributed by atoms with Crippen molar-refractivity contribution in [2.75, 3.05) is 24.7 Å². The number of aliphatic hydroxyl groups excluding tert-OH is 1. The Hall–Kier alpha value is 0.180. The molecule has 92 valence electrons.